The summed E-state index contributed by atoms with van der Waals surface area (Å²) in [5.41, 5.74) is 3.05. The van der Waals surface area contributed by atoms with Gasteiger partial charge in [-0.25, -0.2) is 0 Å². The first-order chi connectivity index (χ1) is 12.1. The van der Waals surface area contributed by atoms with Crippen molar-refractivity contribution in [3.8, 4) is 0 Å². The van der Waals surface area contributed by atoms with Crippen molar-refractivity contribution >= 4 is 35.8 Å². The van der Waals surface area contributed by atoms with Gasteiger partial charge in [-0.15, -0.1) is 24.0 Å². The summed E-state index contributed by atoms with van der Waals surface area (Å²) in [7, 11) is 5.45. The Morgan fingerprint density at radius 3 is 2.42 bits per heavy atom. The van der Waals surface area contributed by atoms with E-state index < -0.39 is 0 Å². The lowest BCUT2D eigenvalue weighted by Crippen LogP contribution is -2.39. The molecule has 5 nitrogen and oxygen atoms in total. The topological polar surface area (TPSA) is 56.7 Å². The van der Waals surface area contributed by atoms with Crippen LogP contribution in [0.1, 0.15) is 21.5 Å². The Bertz CT molecular complexity index is 719. The van der Waals surface area contributed by atoms with Crippen molar-refractivity contribution in [2.75, 3.05) is 27.7 Å². The normalized spacial score (nSPS) is 10.7. The second-order valence-electron chi connectivity index (χ2n) is 5.85. The summed E-state index contributed by atoms with van der Waals surface area (Å²) >= 11 is 0. The number of nitrogens with one attached hydrogen (secondary N) is 2. The average Bonchev–Trinajstić information content (AvgIpc) is 2.65. The van der Waals surface area contributed by atoms with E-state index in [2.05, 4.69) is 32.7 Å². The monoisotopic (exact) mass is 466 g/mol. The minimum Gasteiger partial charge on any atom is -0.356 e. The van der Waals surface area contributed by atoms with Crippen molar-refractivity contribution in [3.63, 3.8) is 0 Å². The van der Waals surface area contributed by atoms with E-state index in [0.29, 0.717) is 5.56 Å². The van der Waals surface area contributed by atoms with E-state index in [4.69, 9.17) is 0 Å². The fourth-order valence-electron chi connectivity index (χ4n) is 2.65. The van der Waals surface area contributed by atoms with Gasteiger partial charge >= 0.3 is 0 Å². The van der Waals surface area contributed by atoms with Gasteiger partial charge in [0.15, 0.2) is 5.96 Å². The van der Waals surface area contributed by atoms with E-state index in [1.54, 1.807) is 14.1 Å². The molecule has 26 heavy (non-hydrogen) atoms. The molecule has 0 saturated carbocycles. The van der Waals surface area contributed by atoms with E-state index in [1.165, 1.54) is 5.56 Å². The minimum atomic E-state index is -0.0618. The van der Waals surface area contributed by atoms with Crippen molar-refractivity contribution in [1.29, 1.82) is 0 Å². The molecular formula is C20H27IN4O. The molecule has 0 unspecified atom stereocenters. The molecule has 2 aromatic rings. The first kappa shape index (κ1) is 22.0. The van der Waals surface area contributed by atoms with Gasteiger partial charge in [0.25, 0.3) is 5.91 Å². The minimum absolute atomic E-state index is 0. The lowest BCUT2D eigenvalue weighted by molar-refractivity contribution is 0.0963. The van der Waals surface area contributed by atoms with E-state index in [0.717, 1.165) is 31.0 Å². The van der Waals surface area contributed by atoms with Crippen molar-refractivity contribution in [1.82, 2.24) is 15.5 Å². The van der Waals surface area contributed by atoms with Crippen molar-refractivity contribution < 1.29 is 4.79 Å². The maximum Gasteiger partial charge on any atom is 0.251 e. The molecule has 0 atom stereocenters. The summed E-state index contributed by atoms with van der Waals surface area (Å²) in [5.74, 6) is 0.791. The van der Waals surface area contributed by atoms with Crippen LogP contribution in [0.25, 0.3) is 0 Å². The SMILES string of the molecule is CN=C(NCCc1cccc(C(=O)NC)c1)N(C)Cc1ccccc1.I. The van der Waals surface area contributed by atoms with E-state index in [1.807, 2.05) is 49.5 Å². The number of nitrogens with zero attached hydrogens (tertiary/aromatic N) is 2. The standard InChI is InChI=1S/C20H26N4O.HI/c1-21-19(25)18-11-7-10-16(14-18)12-13-23-20(22-2)24(3)15-17-8-5-4-6-9-17;/h4-11,14H,12-13,15H2,1-3H3,(H,21,25)(H,22,23);1H. The third-order valence-corrected chi connectivity index (χ3v) is 3.95. The fourth-order valence-corrected chi connectivity index (χ4v) is 2.65. The molecule has 2 rings (SSSR count). The Kier molecular flexibility index (Phi) is 9.72. The number of aliphatic imine (C=N–C) groups is 1. The Morgan fingerprint density at radius 1 is 1.08 bits per heavy atom. The number of amides is 1. The Balaban J connectivity index is 0.00000338. The number of rotatable bonds is 6. The lowest BCUT2D eigenvalue weighted by atomic mass is 10.1. The second kappa shape index (κ2) is 11.5. The molecule has 0 heterocycles. The third kappa shape index (κ3) is 6.67. The molecule has 0 aromatic heterocycles. The van der Waals surface area contributed by atoms with Gasteiger partial charge in [-0.2, -0.15) is 0 Å². The molecule has 0 bridgehead atoms. The quantitative estimate of drug-likeness (QED) is 0.391. The highest BCUT2D eigenvalue weighted by molar-refractivity contribution is 14.0. The first-order valence-electron chi connectivity index (χ1n) is 8.40. The molecule has 0 spiro atoms. The highest BCUT2D eigenvalue weighted by atomic mass is 127. The predicted octanol–water partition coefficient (Wildman–Crippen LogP) is 2.91. The van der Waals surface area contributed by atoms with Crippen molar-refractivity contribution in [2.45, 2.75) is 13.0 Å². The molecule has 6 heteroatoms. The molecule has 2 aromatic carbocycles. The van der Waals surface area contributed by atoms with Gasteiger partial charge in [-0.05, 0) is 29.7 Å². The first-order valence-corrected chi connectivity index (χ1v) is 8.40. The van der Waals surface area contributed by atoms with Crippen LogP contribution in [-0.4, -0.2) is 44.5 Å². The molecule has 0 fully saturated rings. The maximum absolute atomic E-state index is 11.7. The van der Waals surface area contributed by atoms with Crippen LogP contribution in [0.4, 0.5) is 0 Å². The van der Waals surface area contributed by atoms with Crippen molar-refractivity contribution in [2.24, 2.45) is 4.99 Å². The maximum atomic E-state index is 11.7. The molecule has 140 valence electrons. The summed E-state index contributed by atoms with van der Waals surface area (Å²) in [4.78, 5) is 18.1. The van der Waals surface area contributed by atoms with Crippen LogP contribution in [0, 0.1) is 0 Å². The Labute approximate surface area is 172 Å². The zero-order valence-electron chi connectivity index (χ0n) is 15.5. The van der Waals surface area contributed by atoms with E-state index >= 15 is 0 Å². The molecule has 0 saturated heterocycles. The van der Waals surface area contributed by atoms with Crippen molar-refractivity contribution in [3.05, 3.63) is 71.3 Å². The van der Waals surface area contributed by atoms with E-state index in [9.17, 15) is 4.79 Å². The highest BCUT2D eigenvalue weighted by Crippen LogP contribution is 2.06. The van der Waals surface area contributed by atoms with Crippen LogP contribution in [-0.2, 0) is 13.0 Å². The molecular weight excluding hydrogens is 439 g/mol. The summed E-state index contributed by atoms with van der Waals surface area (Å²) < 4.78 is 0. The van der Waals surface area contributed by atoms with Gasteiger partial charge in [0.2, 0.25) is 0 Å². The fraction of sp³-hybridized carbons (Fsp3) is 0.300. The largest absolute Gasteiger partial charge is 0.356 e. The smallest absolute Gasteiger partial charge is 0.251 e. The van der Waals surface area contributed by atoms with Gasteiger partial charge in [0.05, 0.1) is 0 Å². The zero-order chi connectivity index (χ0) is 18.1. The Hall–Kier alpha value is -2.09. The second-order valence-corrected chi connectivity index (χ2v) is 5.85. The molecule has 0 aliphatic carbocycles. The number of carbonyl (C=O) groups is 1. The average molecular weight is 466 g/mol. The van der Waals surface area contributed by atoms with Crippen LogP contribution in [0.2, 0.25) is 0 Å². The number of hydrogen-bond acceptors (Lipinski definition) is 2. The van der Waals surface area contributed by atoms with E-state index in [-0.39, 0.29) is 29.9 Å². The molecule has 0 aliphatic rings. The van der Waals surface area contributed by atoms with Crippen LogP contribution in [0.5, 0.6) is 0 Å². The van der Waals surface area contributed by atoms with Crippen LogP contribution >= 0.6 is 24.0 Å². The van der Waals surface area contributed by atoms with Gasteiger partial charge in [0, 0.05) is 39.8 Å². The molecule has 0 aliphatic heterocycles. The van der Waals surface area contributed by atoms with Gasteiger partial charge in [0.1, 0.15) is 0 Å². The van der Waals surface area contributed by atoms with Gasteiger partial charge in [-0.3, -0.25) is 9.79 Å². The van der Waals surface area contributed by atoms with Crippen LogP contribution < -0.4 is 10.6 Å². The predicted molar refractivity (Wildman–Crippen MR) is 118 cm³/mol. The number of benzene rings is 2. The summed E-state index contributed by atoms with van der Waals surface area (Å²) in [6.45, 7) is 1.55. The molecule has 0 radical (unpaired) electrons. The van der Waals surface area contributed by atoms with Gasteiger partial charge in [-0.1, -0.05) is 42.5 Å². The number of halogens is 1. The summed E-state index contributed by atoms with van der Waals surface area (Å²) in [5, 5.41) is 6.03. The van der Waals surface area contributed by atoms with Crippen LogP contribution in [0.3, 0.4) is 0 Å². The van der Waals surface area contributed by atoms with Crippen LogP contribution in [0.15, 0.2) is 59.6 Å². The molecule has 1 amide bonds. The van der Waals surface area contributed by atoms with Gasteiger partial charge < -0.3 is 15.5 Å². The lowest BCUT2D eigenvalue weighted by Gasteiger charge is -2.22. The molecule has 2 N–H and O–H groups in total. The summed E-state index contributed by atoms with van der Waals surface area (Å²) in [6.07, 6.45) is 0.822. The number of guanidine groups is 1. The zero-order valence-corrected chi connectivity index (χ0v) is 17.9. The number of carbonyl (C=O) groups excluding carboxylic acids is 1. The third-order valence-electron chi connectivity index (χ3n) is 3.95. The Morgan fingerprint density at radius 2 is 1.77 bits per heavy atom. The summed E-state index contributed by atoms with van der Waals surface area (Å²) in [6, 6.07) is 18.0. The highest BCUT2D eigenvalue weighted by Gasteiger charge is 2.07. The number of hydrogen-bond donors (Lipinski definition) is 2.